The molecule has 0 aromatic heterocycles. The van der Waals surface area contributed by atoms with Gasteiger partial charge in [0.25, 0.3) is 0 Å². The molecule has 1 nitrogen and oxygen atoms in total. The molecular formula is C17H14ClFO. The second-order valence-electron chi connectivity index (χ2n) is 5.18. The fraction of sp³-hybridized carbons (Fsp3) is 0.235. The molecule has 0 fully saturated rings. The first-order valence-electron chi connectivity index (χ1n) is 6.69. The summed E-state index contributed by atoms with van der Waals surface area (Å²) in [4.78, 5) is 12.4. The lowest BCUT2D eigenvalue weighted by Gasteiger charge is -2.10. The van der Waals surface area contributed by atoms with Gasteiger partial charge >= 0.3 is 0 Å². The minimum atomic E-state index is -0.450. The second kappa shape index (κ2) is 5.37. The molecule has 0 aliphatic heterocycles. The smallest absolute Gasteiger partial charge is 0.144 e. The van der Waals surface area contributed by atoms with Gasteiger partial charge in [-0.15, -0.1) is 0 Å². The van der Waals surface area contributed by atoms with E-state index in [-0.39, 0.29) is 16.7 Å². The van der Waals surface area contributed by atoms with Crippen LogP contribution in [0, 0.1) is 5.82 Å². The number of rotatable bonds is 3. The van der Waals surface area contributed by atoms with Crippen LogP contribution in [-0.2, 0) is 17.6 Å². The van der Waals surface area contributed by atoms with Crippen LogP contribution in [0.1, 0.15) is 29.0 Å². The molecule has 20 heavy (non-hydrogen) atoms. The van der Waals surface area contributed by atoms with Crippen molar-refractivity contribution in [2.24, 2.45) is 0 Å². The van der Waals surface area contributed by atoms with E-state index in [1.165, 1.54) is 17.7 Å². The molecule has 0 saturated heterocycles. The first-order chi connectivity index (χ1) is 9.65. The Morgan fingerprint density at radius 1 is 1.25 bits per heavy atom. The molecule has 0 amide bonds. The molecule has 2 aromatic rings. The lowest BCUT2D eigenvalue weighted by atomic mass is 9.92. The largest absolute Gasteiger partial charge is 0.299 e. The molecule has 0 N–H and O–H groups in total. The monoisotopic (exact) mass is 288 g/mol. The quantitative estimate of drug-likeness (QED) is 0.822. The summed E-state index contributed by atoms with van der Waals surface area (Å²) in [6.07, 6.45) is 2.13. The van der Waals surface area contributed by atoms with Crippen molar-refractivity contribution >= 4 is 17.4 Å². The van der Waals surface area contributed by atoms with Crippen LogP contribution in [0.25, 0.3) is 0 Å². The minimum Gasteiger partial charge on any atom is -0.299 e. The van der Waals surface area contributed by atoms with E-state index >= 15 is 0 Å². The molecule has 1 atom stereocenters. The van der Waals surface area contributed by atoms with Crippen molar-refractivity contribution in [3.8, 4) is 0 Å². The number of benzene rings is 2. The van der Waals surface area contributed by atoms with Gasteiger partial charge in [-0.25, -0.2) is 4.39 Å². The number of halogens is 2. The number of carbonyl (C=O) groups is 1. The Morgan fingerprint density at radius 3 is 2.85 bits per heavy atom. The third-order valence-corrected chi connectivity index (χ3v) is 4.17. The Kier molecular flexibility index (Phi) is 3.58. The molecular weight excluding hydrogens is 275 g/mol. The zero-order valence-electron chi connectivity index (χ0n) is 10.9. The Balaban J connectivity index is 1.79. The zero-order chi connectivity index (χ0) is 14.1. The maximum absolute atomic E-state index is 13.1. The SMILES string of the molecule is O=C(Cc1ccc(F)c(Cl)c1)C1CCc2ccccc21. The van der Waals surface area contributed by atoms with Crippen molar-refractivity contribution in [1.29, 1.82) is 0 Å². The summed E-state index contributed by atoms with van der Waals surface area (Å²) in [6.45, 7) is 0. The van der Waals surface area contributed by atoms with Crippen LogP contribution in [0.2, 0.25) is 5.02 Å². The standard InChI is InChI=1S/C17H14ClFO/c18-15-9-11(5-8-16(15)19)10-17(20)14-7-6-12-3-1-2-4-13(12)14/h1-5,8-9,14H,6-7,10H2. The second-order valence-corrected chi connectivity index (χ2v) is 5.59. The van der Waals surface area contributed by atoms with Gasteiger partial charge in [0.05, 0.1) is 5.02 Å². The minimum absolute atomic E-state index is 0.0324. The van der Waals surface area contributed by atoms with Crippen LogP contribution >= 0.6 is 11.6 Å². The third kappa shape index (κ3) is 2.48. The predicted octanol–water partition coefficient (Wildman–Crippen LogP) is 4.32. The van der Waals surface area contributed by atoms with E-state index in [1.807, 2.05) is 18.2 Å². The number of ketones is 1. The maximum Gasteiger partial charge on any atom is 0.144 e. The molecule has 2 aromatic carbocycles. The Bertz CT molecular complexity index is 666. The molecule has 0 heterocycles. The van der Waals surface area contributed by atoms with E-state index in [2.05, 4.69) is 6.07 Å². The van der Waals surface area contributed by atoms with Gasteiger partial charge in [0.2, 0.25) is 0 Å². The van der Waals surface area contributed by atoms with Crippen molar-refractivity contribution in [3.63, 3.8) is 0 Å². The first kappa shape index (κ1) is 13.3. The van der Waals surface area contributed by atoms with E-state index < -0.39 is 5.82 Å². The summed E-state index contributed by atoms with van der Waals surface area (Å²) < 4.78 is 13.1. The van der Waals surface area contributed by atoms with E-state index in [4.69, 9.17) is 11.6 Å². The molecule has 0 spiro atoms. The zero-order valence-corrected chi connectivity index (χ0v) is 11.7. The van der Waals surface area contributed by atoms with Crippen LogP contribution < -0.4 is 0 Å². The number of hydrogen-bond donors (Lipinski definition) is 0. The number of carbonyl (C=O) groups excluding carboxylic acids is 1. The number of Topliss-reactive ketones (excluding diaryl/α,β-unsaturated/α-hetero) is 1. The van der Waals surface area contributed by atoms with Gasteiger partial charge < -0.3 is 0 Å². The molecule has 0 bridgehead atoms. The van der Waals surface area contributed by atoms with Gasteiger partial charge in [-0.3, -0.25) is 4.79 Å². The van der Waals surface area contributed by atoms with Crippen molar-refractivity contribution in [2.75, 3.05) is 0 Å². The normalized spacial score (nSPS) is 17.0. The fourth-order valence-corrected chi connectivity index (χ4v) is 3.07. The van der Waals surface area contributed by atoms with Gasteiger partial charge in [0.15, 0.2) is 0 Å². The lowest BCUT2D eigenvalue weighted by Crippen LogP contribution is -2.12. The van der Waals surface area contributed by atoms with Crippen LogP contribution in [0.15, 0.2) is 42.5 Å². The van der Waals surface area contributed by atoms with Crippen LogP contribution in [0.5, 0.6) is 0 Å². The first-order valence-corrected chi connectivity index (χ1v) is 7.07. The average Bonchev–Trinajstić information content (AvgIpc) is 2.87. The molecule has 1 aliphatic carbocycles. The van der Waals surface area contributed by atoms with E-state index in [0.29, 0.717) is 6.42 Å². The lowest BCUT2D eigenvalue weighted by molar-refractivity contribution is -0.119. The molecule has 1 unspecified atom stereocenters. The Morgan fingerprint density at radius 2 is 2.05 bits per heavy atom. The summed E-state index contributed by atoms with van der Waals surface area (Å²) in [5, 5.41) is 0.0714. The van der Waals surface area contributed by atoms with Crippen molar-refractivity contribution < 1.29 is 9.18 Å². The van der Waals surface area contributed by atoms with E-state index in [9.17, 15) is 9.18 Å². The van der Waals surface area contributed by atoms with Crippen LogP contribution in [0.4, 0.5) is 4.39 Å². The van der Waals surface area contributed by atoms with Gasteiger partial charge in [0, 0.05) is 12.3 Å². The van der Waals surface area contributed by atoms with Gasteiger partial charge in [-0.05, 0) is 41.7 Å². The van der Waals surface area contributed by atoms with Crippen molar-refractivity contribution in [3.05, 3.63) is 70.0 Å². The van der Waals surface area contributed by atoms with Crippen molar-refractivity contribution in [2.45, 2.75) is 25.2 Å². The summed E-state index contributed by atoms with van der Waals surface area (Å²) >= 11 is 5.75. The number of aryl methyl sites for hydroxylation is 1. The van der Waals surface area contributed by atoms with E-state index in [0.717, 1.165) is 24.0 Å². The Labute approximate surface area is 122 Å². The third-order valence-electron chi connectivity index (χ3n) is 3.88. The van der Waals surface area contributed by atoms with Crippen LogP contribution in [-0.4, -0.2) is 5.78 Å². The molecule has 0 radical (unpaired) electrons. The molecule has 102 valence electrons. The highest BCUT2D eigenvalue weighted by Gasteiger charge is 2.27. The van der Waals surface area contributed by atoms with Crippen LogP contribution in [0.3, 0.4) is 0 Å². The summed E-state index contributed by atoms with van der Waals surface area (Å²) in [5.41, 5.74) is 3.18. The molecule has 0 saturated carbocycles. The maximum atomic E-state index is 13.1. The summed E-state index contributed by atoms with van der Waals surface area (Å²) in [5.74, 6) is -0.304. The summed E-state index contributed by atoms with van der Waals surface area (Å²) in [7, 11) is 0. The topological polar surface area (TPSA) is 17.1 Å². The van der Waals surface area contributed by atoms with E-state index in [1.54, 1.807) is 6.07 Å². The summed E-state index contributed by atoms with van der Waals surface area (Å²) in [6, 6.07) is 12.6. The highest BCUT2D eigenvalue weighted by molar-refractivity contribution is 6.30. The van der Waals surface area contributed by atoms with Gasteiger partial charge in [-0.1, -0.05) is 41.9 Å². The average molecular weight is 289 g/mol. The number of hydrogen-bond acceptors (Lipinski definition) is 1. The number of fused-ring (bicyclic) bond motifs is 1. The fourth-order valence-electron chi connectivity index (χ4n) is 2.87. The molecule has 1 aliphatic rings. The van der Waals surface area contributed by atoms with Gasteiger partial charge in [-0.2, -0.15) is 0 Å². The molecule has 3 heteroatoms. The predicted molar refractivity (Wildman–Crippen MR) is 77.6 cm³/mol. The van der Waals surface area contributed by atoms with Crippen molar-refractivity contribution in [1.82, 2.24) is 0 Å². The van der Waals surface area contributed by atoms with Gasteiger partial charge in [0.1, 0.15) is 11.6 Å². The highest BCUT2D eigenvalue weighted by Crippen LogP contribution is 2.34. The highest BCUT2D eigenvalue weighted by atomic mass is 35.5. The molecule has 3 rings (SSSR count). The Hall–Kier alpha value is -1.67.